The van der Waals surface area contributed by atoms with E-state index in [1.165, 1.54) is 6.07 Å². The Bertz CT molecular complexity index is 647. The van der Waals surface area contributed by atoms with Gasteiger partial charge in [0, 0.05) is 11.6 Å². The molecule has 94 valence electrons. The van der Waals surface area contributed by atoms with E-state index in [1.807, 2.05) is 26.0 Å². The fourth-order valence-electron chi connectivity index (χ4n) is 2.10. The lowest BCUT2D eigenvalue weighted by Gasteiger charge is -2.13. The summed E-state index contributed by atoms with van der Waals surface area (Å²) in [6, 6.07) is 7.26. The van der Waals surface area contributed by atoms with Crippen molar-refractivity contribution in [3.8, 4) is 16.9 Å². The highest BCUT2D eigenvalue weighted by Gasteiger charge is 2.11. The number of aryl methyl sites for hydroxylation is 2. The zero-order chi connectivity index (χ0) is 13.3. The van der Waals surface area contributed by atoms with Gasteiger partial charge in [-0.3, -0.25) is 4.79 Å². The van der Waals surface area contributed by atoms with Crippen molar-refractivity contribution in [1.29, 1.82) is 0 Å². The van der Waals surface area contributed by atoms with Crippen molar-refractivity contribution in [1.82, 2.24) is 4.98 Å². The Balaban J connectivity index is 2.73. The largest absolute Gasteiger partial charge is 0.496 e. The van der Waals surface area contributed by atoms with Gasteiger partial charge in [-0.15, -0.1) is 0 Å². The lowest BCUT2D eigenvalue weighted by atomic mass is 10.00. The van der Waals surface area contributed by atoms with Gasteiger partial charge in [0.05, 0.1) is 7.11 Å². The first-order valence-electron chi connectivity index (χ1n) is 5.56. The average Bonchev–Trinajstić information content (AvgIpc) is 2.26. The first-order valence-corrected chi connectivity index (χ1v) is 5.94. The van der Waals surface area contributed by atoms with Crippen molar-refractivity contribution in [2.45, 2.75) is 13.8 Å². The second kappa shape index (κ2) is 4.86. The lowest BCUT2D eigenvalue weighted by Crippen LogP contribution is -2.04. The van der Waals surface area contributed by atoms with Gasteiger partial charge in [0.1, 0.15) is 10.9 Å². The van der Waals surface area contributed by atoms with Gasteiger partial charge in [-0.25, -0.2) is 0 Å². The van der Waals surface area contributed by atoms with E-state index in [2.05, 4.69) is 4.98 Å². The molecule has 0 saturated heterocycles. The summed E-state index contributed by atoms with van der Waals surface area (Å²) in [6.07, 6.45) is 0. The molecule has 1 N–H and O–H groups in total. The summed E-state index contributed by atoms with van der Waals surface area (Å²) in [7, 11) is 1.62. The van der Waals surface area contributed by atoms with Crippen LogP contribution < -0.4 is 10.3 Å². The van der Waals surface area contributed by atoms with Gasteiger partial charge in [-0.2, -0.15) is 0 Å². The van der Waals surface area contributed by atoms with E-state index in [0.29, 0.717) is 5.15 Å². The van der Waals surface area contributed by atoms with Crippen LogP contribution in [0.1, 0.15) is 11.1 Å². The molecule has 0 aliphatic heterocycles. The molecule has 2 aromatic rings. The van der Waals surface area contributed by atoms with Crippen LogP contribution >= 0.6 is 11.6 Å². The van der Waals surface area contributed by atoms with Crippen LogP contribution in [0.15, 0.2) is 29.1 Å². The van der Waals surface area contributed by atoms with Crippen molar-refractivity contribution in [2.24, 2.45) is 0 Å². The molecular formula is C14H14ClNO2. The Morgan fingerprint density at radius 1 is 1.17 bits per heavy atom. The molecule has 2 rings (SSSR count). The van der Waals surface area contributed by atoms with Crippen molar-refractivity contribution in [2.75, 3.05) is 7.11 Å². The second-order valence-corrected chi connectivity index (χ2v) is 4.65. The summed E-state index contributed by atoms with van der Waals surface area (Å²) < 4.78 is 5.41. The predicted octanol–water partition coefficient (Wildman–Crippen LogP) is 3.32. The molecule has 0 bridgehead atoms. The zero-order valence-corrected chi connectivity index (χ0v) is 11.3. The molecule has 1 heterocycles. The summed E-state index contributed by atoms with van der Waals surface area (Å²) in [6.45, 7) is 3.98. The minimum absolute atomic E-state index is 0.223. The number of pyridine rings is 1. The Morgan fingerprint density at radius 3 is 2.50 bits per heavy atom. The number of ether oxygens (including phenoxy) is 1. The molecule has 3 nitrogen and oxygen atoms in total. The summed E-state index contributed by atoms with van der Waals surface area (Å²) >= 11 is 5.88. The van der Waals surface area contributed by atoms with Gasteiger partial charge in [0.2, 0.25) is 5.56 Å². The number of hydrogen-bond acceptors (Lipinski definition) is 2. The van der Waals surface area contributed by atoms with Gasteiger partial charge in [0.15, 0.2) is 0 Å². The van der Waals surface area contributed by atoms with Crippen LogP contribution in [-0.2, 0) is 0 Å². The molecule has 1 aromatic heterocycles. The number of benzene rings is 1. The summed E-state index contributed by atoms with van der Waals surface area (Å²) in [5.41, 5.74) is 3.55. The Kier molecular flexibility index (Phi) is 3.43. The maximum atomic E-state index is 11.5. The normalized spacial score (nSPS) is 10.4. The molecular weight excluding hydrogens is 250 g/mol. The Hall–Kier alpha value is -1.74. The van der Waals surface area contributed by atoms with E-state index < -0.39 is 0 Å². The third-order valence-electron chi connectivity index (χ3n) is 2.75. The molecule has 0 saturated carbocycles. The SMILES string of the molecule is COc1c(C)cc(C)cc1-c1cc(Cl)[nH]c(=O)c1. The van der Waals surface area contributed by atoms with E-state index in [4.69, 9.17) is 16.3 Å². The number of rotatable bonds is 2. The van der Waals surface area contributed by atoms with E-state index in [9.17, 15) is 4.79 Å². The molecule has 0 amide bonds. The number of H-pyrrole nitrogens is 1. The van der Waals surface area contributed by atoms with Crippen LogP contribution in [0.25, 0.3) is 11.1 Å². The highest BCUT2D eigenvalue weighted by molar-refractivity contribution is 6.29. The summed E-state index contributed by atoms with van der Waals surface area (Å²) in [4.78, 5) is 14.0. The predicted molar refractivity (Wildman–Crippen MR) is 73.5 cm³/mol. The third-order valence-corrected chi connectivity index (χ3v) is 2.95. The smallest absolute Gasteiger partial charge is 0.249 e. The highest BCUT2D eigenvalue weighted by Crippen LogP contribution is 2.34. The highest BCUT2D eigenvalue weighted by atomic mass is 35.5. The van der Waals surface area contributed by atoms with Crippen LogP contribution in [-0.4, -0.2) is 12.1 Å². The van der Waals surface area contributed by atoms with Gasteiger partial charge in [0.25, 0.3) is 0 Å². The minimum Gasteiger partial charge on any atom is -0.496 e. The lowest BCUT2D eigenvalue weighted by molar-refractivity contribution is 0.413. The maximum Gasteiger partial charge on any atom is 0.249 e. The zero-order valence-electron chi connectivity index (χ0n) is 10.5. The number of nitrogens with one attached hydrogen (secondary N) is 1. The van der Waals surface area contributed by atoms with E-state index in [1.54, 1.807) is 13.2 Å². The van der Waals surface area contributed by atoms with Gasteiger partial charge in [-0.1, -0.05) is 17.7 Å². The van der Waals surface area contributed by atoms with E-state index in [0.717, 1.165) is 28.0 Å². The van der Waals surface area contributed by atoms with Crippen molar-refractivity contribution in [3.63, 3.8) is 0 Å². The van der Waals surface area contributed by atoms with Crippen molar-refractivity contribution < 1.29 is 4.74 Å². The number of aromatic amines is 1. The standard InChI is InChI=1S/C14H14ClNO2/c1-8-4-9(2)14(18-3)11(5-8)10-6-12(15)16-13(17)7-10/h4-7H,1-3H3,(H,16,17). The topological polar surface area (TPSA) is 42.1 Å². The molecule has 0 aliphatic carbocycles. The van der Waals surface area contributed by atoms with Crippen molar-refractivity contribution >= 4 is 11.6 Å². The molecule has 1 aromatic carbocycles. The molecule has 18 heavy (non-hydrogen) atoms. The maximum absolute atomic E-state index is 11.5. The first kappa shape index (κ1) is 12.7. The second-order valence-electron chi connectivity index (χ2n) is 4.24. The third kappa shape index (κ3) is 2.41. The van der Waals surface area contributed by atoms with Gasteiger partial charge >= 0.3 is 0 Å². The molecule has 0 aliphatic rings. The number of aromatic nitrogens is 1. The van der Waals surface area contributed by atoms with Crippen molar-refractivity contribution in [3.05, 3.63) is 50.9 Å². The fraction of sp³-hybridized carbons (Fsp3) is 0.214. The number of methoxy groups -OCH3 is 1. The number of halogens is 1. The molecule has 0 fully saturated rings. The van der Waals surface area contributed by atoms with Crippen LogP contribution in [0.5, 0.6) is 5.75 Å². The summed E-state index contributed by atoms with van der Waals surface area (Å²) in [5.74, 6) is 0.766. The molecule has 4 heteroatoms. The van der Waals surface area contributed by atoms with Crippen LogP contribution in [0, 0.1) is 13.8 Å². The Morgan fingerprint density at radius 2 is 1.89 bits per heavy atom. The summed E-state index contributed by atoms with van der Waals surface area (Å²) in [5, 5.41) is 0.318. The van der Waals surface area contributed by atoms with Gasteiger partial charge < -0.3 is 9.72 Å². The quantitative estimate of drug-likeness (QED) is 0.845. The van der Waals surface area contributed by atoms with Gasteiger partial charge in [-0.05, 0) is 42.7 Å². The molecule has 0 radical (unpaired) electrons. The average molecular weight is 264 g/mol. The van der Waals surface area contributed by atoms with Crippen LogP contribution in [0.3, 0.4) is 0 Å². The first-order chi connectivity index (χ1) is 8.51. The van der Waals surface area contributed by atoms with Crippen LogP contribution in [0.2, 0.25) is 5.15 Å². The van der Waals surface area contributed by atoms with E-state index >= 15 is 0 Å². The number of hydrogen-bond donors (Lipinski definition) is 1. The monoisotopic (exact) mass is 263 g/mol. The molecule has 0 spiro atoms. The fourth-order valence-corrected chi connectivity index (χ4v) is 2.32. The van der Waals surface area contributed by atoms with E-state index in [-0.39, 0.29) is 5.56 Å². The minimum atomic E-state index is -0.223. The molecule has 0 unspecified atom stereocenters. The molecule has 0 atom stereocenters. The Labute approximate surface area is 110 Å². The van der Waals surface area contributed by atoms with Crippen LogP contribution in [0.4, 0.5) is 0 Å².